The van der Waals surface area contributed by atoms with Crippen molar-refractivity contribution in [3.8, 4) is 5.75 Å². The molecule has 1 nitrogen and oxygen atoms in total. The lowest BCUT2D eigenvalue weighted by Crippen LogP contribution is -1.99. The van der Waals surface area contributed by atoms with Crippen molar-refractivity contribution in [3.05, 3.63) is 77.9 Å². The van der Waals surface area contributed by atoms with Crippen LogP contribution in [-0.4, -0.2) is 7.11 Å². The Balaban J connectivity index is 2.12. The highest BCUT2D eigenvalue weighted by Crippen LogP contribution is 2.27. The van der Waals surface area contributed by atoms with Crippen LogP contribution in [0.1, 0.15) is 23.5 Å². The van der Waals surface area contributed by atoms with Crippen LogP contribution in [0, 0.1) is 0 Å². The topological polar surface area (TPSA) is 9.23 Å². The molecule has 1 atom stereocenters. The zero-order chi connectivity index (χ0) is 15.1. The van der Waals surface area contributed by atoms with Crippen LogP contribution >= 0.6 is 0 Å². The Morgan fingerprint density at radius 1 is 1.05 bits per heavy atom. The summed E-state index contributed by atoms with van der Waals surface area (Å²) in [6.07, 6.45) is 0.809. The molecule has 0 aliphatic rings. The first kappa shape index (κ1) is 15.2. The summed E-state index contributed by atoms with van der Waals surface area (Å²) in [5.74, 6) is 0.436. The third kappa shape index (κ3) is 4.71. The lowest BCUT2D eigenvalue weighted by molar-refractivity contribution is 0.412. The van der Waals surface area contributed by atoms with Gasteiger partial charge in [-0.25, -0.2) is 0 Å². The van der Waals surface area contributed by atoms with E-state index in [-0.39, 0.29) is 5.92 Å². The fraction of sp³-hybridized carbons (Fsp3) is 0.222. The summed E-state index contributed by atoms with van der Waals surface area (Å²) in [5.41, 5.74) is 2.03. The van der Waals surface area contributed by atoms with E-state index < -0.39 is 6.08 Å². The zero-order valence-electron chi connectivity index (χ0n) is 11.9. The van der Waals surface area contributed by atoms with Gasteiger partial charge in [-0.3, -0.25) is 0 Å². The van der Waals surface area contributed by atoms with Crippen molar-refractivity contribution in [1.29, 1.82) is 0 Å². The number of halogens is 2. The lowest BCUT2D eigenvalue weighted by Gasteiger charge is -2.13. The highest BCUT2D eigenvalue weighted by atomic mass is 19.3. The van der Waals surface area contributed by atoms with E-state index in [0.29, 0.717) is 6.42 Å². The van der Waals surface area contributed by atoms with E-state index in [1.54, 1.807) is 19.2 Å². The van der Waals surface area contributed by atoms with E-state index in [9.17, 15) is 8.78 Å². The number of methoxy groups -OCH3 is 1. The molecule has 0 saturated heterocycles. The summed E-state index contributed by atoms with van der Waals surface area (Å²) in [6.45, 7) is 0. The Morgan fingerprint density at radius 2 is 1.71 bits per heavy atom. The normalized spacial score (nSPS) is 11.8. The summed E-state index contributed by atoms with van der Waals surface area (Å²) in [5, 5.41) is 0. The van der Waals surface area contributed by atoms with Crippen molar-refractivity contribution < 1.29 is 13.5 Å². The molecular formula is C18H18F2O. The molecule has 21 heavy (non-hydrogen) atoms. The molecule has 0 radical (unpaired) electrons. The first-order chi connectivity index (χ1) is 10.2. The van der Waals surface area contributed by atoms with Gasteiger partial charge in [-0.1, -0.05) is 42.5 Å². The van der Waals surface area contributed by atoms with Gasteiger partial charge in [0.2, 0.25) is 0 Å². The van der Waals surface area contributed by atoms with Crippen LogP contribution in [0.2, 0.25) is 0 Å². The van der Waals surface area contributed by atoms with Gasteiger partial charge in [-0.15, -0.1) is 0 Å². The van der Waals surface area contributed by atoms with Crippen molar-refractivity contribution >= 4 is 0 Å². The minimum atomic E-state index is -1.64. The average Bonchev–Trinajstić information content (AvgIpc) is 2.52. The van der Waals surface area contributed by atoms with Crippen LogP contribution in [0.3, 0.4) is 0 Å². The van der Waals surface area contributed by atoms with Crippen molar-refractivity contribution in [2.75, 3.05) is 7.11 Å². The van der Waals surface area contributed by atoms with Gasteiger partial charge in [-0.2, -0.15) is 8.78 Å². The molecule has 0 aliphatic carbocycles. The number of hydrogen-bond donors (Lipinski definition) is 0. The molecule has 110 valence electrons. The van der Waals surface area contributed by atoms with Crippen LogP contribution in [-0.2, 0) is 6.42 Å². The molecule has 0 aromatic heterocycles. The van der Waals surface area contributed by atoms with E-state index in [2.05, 4.69) is 0 Å². The van der Waals surface area contributed by atoms with E-state index >= 15 is 0 Å². The zero-order valence-corrected chi connectivity index (χ0v) is 11.9. The van der Waals surface area contributed by atoms with Gasteiger partial charge in [0.25, 0.3) is 6.08 Å². The predicted octanol–water partition coefficient (Wildman–Crippen LogP) is 5.19. The number of rotatable bonds is 6. The van der Waals surface area contributed by atoms with Crippen LogP contribution < -0.4 is 4.74 Å². The highest BCUT2D eigenvalue weighted by Gasteiger charge is 2.11. The molecule has 0 saturated carbocycles. The van der Waals surface area contributed by atoms with Gasteiger partial charge >= 0.3 is 0 Å². The Hall–Kier alpha value is -2.16. The average molecular weight is 288 g/mol. The van der Waals surface area contributed by atoms with Crippen molar-refractivity contribution in [2.24, 2.45) is 0 Å². The number of benzene rings is 2. The van der Waals surface area contributed by atoms with Gasteiger partial charge in [-0.05, 0) is 42.2 Å². The molecule has 2 rings (SSSR count). The predicted molar refractivity (Wildman–Crippen MR) is 80.8 cm³/mol. The molecule has 2 aromatic rings. The molecule has 0 bridgehead atoms. The molecule has 2 aromatic carbocycles. The van der Waals surface area contributed by atoms with Crippen LogP contribution in [0.4, 0.5) is 8.78 Å². The maximum Gasteiger partial charge on any atom is 0.266 e. The molecular weight excluding hydrogens is 270 g/mol. The maximum absolute atomic E-state index is 12.7. The molecule has 0 amide bonds. The minimum absolute atomic E-state index is 0.291. The Kier molecular flexibility index (Phi) is 5.50. The fourth-order valence-corrected chi connectivity index (χ4v) is 2.32. The van der Waals surface area contributed by atoms with E-state index in [1.807, 2.05) is 42.5 Å². The van der Waals surface area contributed by atoms with Gasteiger partial charge < -0.3 is 4.74 Å². The summed E-state index contributed by atoms with van der Waals surface area (Å²) < 4.78 is 30.5. The smallest absolute Gasteiger partial charge is 0.266 e. The summed E-state index contributed by atoms with van der Waals surface area (Å²) in [7, 11) is 1.59. The van der Waals surface area contributed by atoms with Gasteiger partial charge in [0.05, 0.1) is 7.11 Å². The second-order valence-electron chi connectivity index (χ2n) is 4.86. The molecule has 1 unspecified atom stereocenters. The van der Waals surface area contributed by atoms with E-state index in [4.69, 9.17) is 4.74 Å². The number of aryl methyl sites for hydroxylation is 1. The van der Waals surface area contributed by atoms with Gasteiger partial charge in [0.1, 0.15) is 5.75 Å². The van der Waals surface area contributed by atoms with Crippen molar-refractivity contribution in [3.63, 3.8) is 0 Å². The maximum atomic E-state index is 12.7. The van der Waals surface area contributed by atoms with Gasteiger partial charge in [0.15, 0.2) is 0 Å². The molecule has 0 fully saturated rings. The molecule has 0 aliphatic heterocycles. The summed E-state index contributed by atoms with van der Waals surface area (Å²) in [6, 6.07) is 17.2. The highest BCUT2D eigenvalue weighted by molar-refractivity contribution is 5.32. The van der Waals surface area contributed by atoms with Crippen molar-refractivity contribution in [1.82, 2.24) is 0 Å². The Bertz CT molecular complexity index is 572. The molecule has 0 N–H and O–H groups in total. The van der Waals surface area contributed by atoms with E-state index in [1.165, 1.54) is 0 Å². The first-order valence-corrected chi connectivity index (χ1v) is 6.89. The fourth-order valence-electron chi connectivity index (χ4n) is 2.32. The summed E-state index contributed by atoms with van der Waals surface area (Å²) >= 11 is 0. The third-order valence-electron chi connectivity index (χ3n) is 3.46. The number of allylic oxidation sites excluding steroid dienone is 1. The second kappa shape index (κ2) is 7.58. The largest absolute Gasteiger partial charge is 0.497 e. The standard InChI is InChI=1S/C18H18F2O/c1-21-17-11-9-15(10-12-17)16(13-18(19)20)8-7-14-5-3-2-4-6-14/h2-6,9-13,16H,7-8H2,1H3. The van der Waals surface area contributed by atoms with Crippen molar-refractivity contribution in [2.45, 2.75) is 18.8 Å². The molecule has 3 heteroatoms. The van der Waals surface area contributed by atoms with Gasteiger partial charge in [0, 0.05) is 5.92 Å². The van der Waals surface area contributed by atoms with Crippen LogP contribution in [0.25, 0.3) is 0 Å². The quantitative estimate of drug-likeness (QED) is 0.710. The van der Waals surface area contributed by atoms with E-state index in [0.717, 1.165) is 29.4 Å². The number of ether oxygens (including phenoxy) is 1. The third-order valence-corrected chi connectivity index (χ3v) is 3.46. The number of hydrogen-bond acceptors (Lipinski definition) is 1. The lowest BCUT2D eigenvalue weighted by atomic mass is 9.92. The van der Waals surface area contributed by atoms with Crippen LogP contribution in [0.15, 0.2) is 66.8 Å². The molecule has 0 spiro atoms. The second-order valence-corrected chi connectivity index (χ2v) is 4.86. The monoisotopic (exact) mass is 288 g/mol. The van der Waals surface area contributed by atoms with Crippen LogP contribution in [0.5, 0.6) is 5.75 Å². The Morgan fingerprint density at radius 3 is 2.29 bits per heavy atom. The summed E-state index contributed by atoms with van der Waals surface area (Å²) in [4.78, 5) is 0. The minimum Gasteiger partial charge on any atom is -0.497 e. The molecule has 0 heterocycles. The SMILES string of the molecule is COc1ccc(C(C=C(F)F)CCc2ccccc2)cc1. The first-order valence-electron chi connectivity index (χ1n) is 6.89. The Labute approximate surface area is 123 Å².